The minimum atomic E-state index is -1.05. The van der Waals surface area contributed by atoms with E-state index in [0.29, 0.717) is 31.5 Å². The highest BCUT2D eigenvalue weighted by atomic mass is 79.9. The maximum absolute atomic E-state index is 12.9. The molecule has 6 nitrogen and oxygen atoms in total. The Bertz CT molecular complexity index is 771. The first kappa shape index (κ1) is 16.0. The van der Waals surface area contributed by atoms with Crippen molar-refractivity contribution in [1.29, 1.82) is 0 Å². The Balaban J connectivity index is 2.07. The highest BCUT2D eigenvalue weighted by Crippen LogP contribution is 2.31. The summed E-state index contributed by atoms with van der Waals surface area (Å²) in [6.45, 7) is 0.730. The van der Waals surface area contributed by atoms with Crippen molar-refractivity contribution < 1.29 is 19.8 Å². The van der Waals surface area contributed by atoms with Crippen molar-refractivity contribution in [2.45, 2.75) is 25.4 Å². The zero-order valence-corrected chi connectivity index (χ0v) is 14.0. The average Bonchev–Trinajstić information content (AvgIpc) is 3.13. The van der Waals surface area contributed by atoms with E-state index in [0.717, 1.165) is 15.4 Å². The number of aliphatic hydroxyl groups is 1. The smallest absolute Gasteiger partial charge is 0.407 e. The van der Waals surface area contributed by atoms with E-state index in [1.54, 1.807) is 6.20 Å². The highest BCUT2D eigenvalue weighted by molar-refractivity contribution is 9.10. The topological polar surface area (TPSA) is 82.8 Å². The molecule has 0 spiro atoms. The summed E-state index contributed by atoms with van der Waals surface area (Å²) in [5.74, 6) is -0.176. The lowest BCUT2D eigenvalue weighted by Crippen LogP contribution is -2.39. The summed E-state index contributed by atoms with van der Waals surface area (Å²) in [6, 6.07) is 4.95. The van der Waals surface area contributed by atoms with E-state index < -0.39 is 12.1 Å². The third-order valence-electron chi connectivity index (χ3n) is 4.26. The van der Waals surface area contributed by atoms with Crippen molar-refractivity contribution in [2.75, 3.05) is 13.2 Å². The number of carbonyl (C=O) groups excluding carboxylic acids is 1. The van der Waals surface area contributed by atoms with Crippen LogP contribution in [0.4, 0.5) is 4.79 Å². The number of aliphatic hydroxyl groups excluding tert-OH is 1. The molecule has 23 heavy (non-hydrogen) atoms. The minimum absolute atomic E-state index is 0.0383. The van der Waals surface area contributed by atoms with Crippen molar-refractivity contribution >= 4 is 38.7 Å². The zero-order chi connectivity index (χ0) is 16.6. The molecule has 1 aromatic heterocycles. The molecule has 2 aromatic rings. The molecule has 1 aliphatic rings. The number of carbonyl (C=O) groups is 2. The fraction of sp³-hybridized carbons (Fsp3) is 0.375. The van der Waals surface area contributed by atoms with Crippen LogP contribution < -0.4 is 0 Å². The summed E-state index contributed by atoms with van der Waals surface area (Å²) in [6.07, 6.45) is 1.90. The van der Waals surface area contributed by atoms with Crippen LogP contribution in [-0.4, -0.2) is 50.8 Å². The van der Waals surface area contributed by atoms with Gasteiger partial charge in [-0.05, 0) is 34.8 Å². The van der Waals surface area contributed by atoms with Crippen LogP contribution in [0.1, 0.15) is 23.2 Å². The minimum Gasteiger partial charge on any atom is -0.465 e. The van der Waals surface area contributed by atoms with Crippen LogP contribution in [0.15, 0.2) is 28.9 Å². The first-order chi connectivity index (χ1) is 11.0. The van der Waals surface area contributed by atoms with Crippen molar-refractivity contribution in [1.82, 2.24) is 9.47 Å². The maximum atomic E-state index is 12.9. The Kier molecular flexibility index (Phi) is 4.41. The summed E-state index contributed by atoms with van der Waals surface area (Å²) in [4.78, 5) is 25.4. The number of fused-ring (bicyclic) bond motifs is 1. The monoisotopic (exact) mass is 380 g/mol. The molecular formula is C16H17BrN2O4. The molecule has 0 aliphatic carbocycles. The second kappa shape index (κ2) is 6.33. The van der Waals surface area contributed by atoms with Crippen LogP contribution in [0.3, 0.4) is 0 Å². The van der Waals surface area contributed by atoms with Crippen molar-refractivity contribution in [3.8, 4) is 0 Å². The lowest BCUT2D eigenvalue weighted by Gasteiger charge is -2.19. The van der Waals surface area contributed by atoms with E-state index in [2.05, 4.69) is 15.9 Å². The highest BCUT2D eigenvalue weighted by Gasteiger charge is 2.35. The first-order valence-electron chi connectivity index (χ1n) is 7.46. The number of hydrogen-bond acceptors (Lipinski definition) is 3. The molecule has 1 fully saturated rings. The number of likely N-dealkylation sites (tertiary alicyclic amines) is 1. The molecule has 122 valence electrons. The first-order valence-corrected chi connectivity index (χ1v) is 8.26. The summed E-state index contributed by atoms with van der Waals surface area (Å²) in [7, 11) is 0. The summed E-state index contributed by atoms with van der Waals surface area (Å²) < 4.78 is 2.66. The van der Waals surface area contributed by atoms with E-state index in [4.69, 9.17) is 0 Å². The number of hydrogen-bond donors (Lipinski definition) is 2. The molecule has 3 rings (SSSR count). The number of Topliss-reactive ketones (excluding diaryl/α,β-unsaturated/α-hetero) is 1. The largest absolute Gasteiger partial charge is 0.465 e. The molecule has 1 aromatic carbocycles. The average molecular weight is 381 g/mol. The van der Waals surface area contributed by atoms with Gasteiger partial charge < -0.3 is 14.8 Å². The maximum Gasteiger partial charge on any atom is 0.407 e. The van der Waals surface area contributed by atoms with Gasteiger partial charge in [-0.1, -0.05) is 12.1 Å². The lowest BCUT2D eigenvalue weighted by molar-refractivity contribution is 0.0846. The fourth-order valence-corrected chi connectivity index (χ4v) is 3.84. The zero-order valence-electron chi connectivity index (χ0n) is 12.4. The summed E-state index contributed by atoms with van der Waals surface area (Å²) in [5, 5.41) is 19.3. The number of amides is 1. The van der Waals surface area contributed by atoms with Gasteiger partial charge in [-0.15, -0.1) is 0 Å². The van der Waals surface area contributed by atoms with Gasteiger partial charge in [0.1, 0.15) is 0 Å². The Morgan fingerprint density at radius 1 is 1.35 bits per heavy atom. The molecule has 1 unspecified atom stereocenters. The van der Waals surface area contributed by atoms with E-state index in [1.807, 2.05) is 22.8 Å². The third kappa shape index (κ3) is 2.74. The molecule has 1 aliphatic heterocycles. The molecule has 1 atom stereocenters. The van der Waals surface area contributed by atoms with Crippen LogP contribution >= 0.6 is 15.9 Å². The van der Waals surface area contributed by atoms with Gasteiger partial charge in [0.15, 0.2) is 5.78 Å². The Labute approximate surface area is 141 Å². The van der Waals surface area contributed by atoms with Crippen molar-refractivity contribution in [3.63, 3.8) is 0 Å². The molecule has 1 amide bonds. The van der Waals surface area contributed by atoms with Gasteiger partial charge in [0.05, 0.1) is 18.2 Å². The second-order valence-corrected chi connectivity index (χ2v) is 6.45. The SMILES string of the molecule is O=C(c1cn(CCO)c2c(Br)cccc12)C1CCCN1C(=O)O. The molecule has 1 saturated heterocycles. The van der Waals surface area contributed by atoms with Gasteiger partial charge in [0, 0.05) is 34.7 Å². The normalized spacial score (nSPS) is 17.8. The number of carboxylic acid groups (broad SMARTS) is 1. The fourth-order valence-electron chi connectivity index (χ4n) is 3.24. The summed E-state index contributed by atoms with van der Waals surface area (Å²) >= 11 is 3.48. The predicted molar refractivity (Wildman–Crippen MR) is 88.8 cm³/mol. The molecule has 0 radical (unpaired) electrons. The number of ketones is 1. The van der Waals surface area contributed by atoms with Crippen LogP contribution in [0, 0.1) is 0 Å². The van der Waals surface area contributed by atoms with Gasteiger partial charge in [-0.3, -0.25) is 9.69 Å². The molecular weight excluding hydrogens is 364 g/mol. The lowest BCUT2D eigenvalue weighted by atomic mass is 10.0. The number of rotatable bonds is 4. The Morgan fingerprint density at radius 3 is 2.83 bits per heavy atom. The van der Waals surface area contributed by atoms with Crippen molar-refractivity contribution in [2.24, 2.45) is 0 Å². The Morgan fingerprint density at radius 2 is 2.13 bits per heavy atom. The van der Waals surface area contributed by atoms with Gasteiger partial charge in [0.2, 0.25) is 0 Å². The second-order valence-electron chi connectivity index (χ2n) is 5.59. The molecule has 2 N–H and O–H groups in total. The van der Waals surface area contributed by atoms with Crippen LogP contribution in [0.2, 0.25) is 0 Å². The predicted octanol–water partition coefficient (Wildman–Crippen LogP) is 2.72. The Hall–Kier alpha value is -1.86. The van der Waals surface area contributed by atoms with Crippen LogP contribution in [0.25, 0.3) is 10.9 Å². The number of halogens is 1. The van der Waals surface area contributed by atoms with E-state index >= 15 is 0 Å². The van der Waals surface area contributed by atoms with Crippen LogP contribution in [-0.2, 0) is 6.54 Å². The number of benzene rings is 1. The van der Waals surface area contributed by atoms with Crippen molar-refractivity contribution in [3.05, 3.63) is 34.4 Å². The van der Waals surface area contributed by atoms with Gasteiger partial charge in [0.25, 0.3) is 0 Å². The standard InChI is InChI=1S/C16H17BrN2O4/c17-12-4-1-3-10-11(9-18(7-8-20)14(10)12)15(21)13-5-2-6-19(13)16(22)23/h1,3-4,9,13,20H,2,5-8H2,(H,22,23). The van der Waals surface area contributed by atoms with E-state index in [1.165, 1.54) is 4.90 Å². The quantitative estimate of drug-likeness (QED) is 0.798. The van der Waals surface area contributed by atoms with Crippen LogP contribution in [0.5, 0.6) is 0 Å². The van der Waals surface area contributed by atoms with Gasteiger partial charge in [-0.2, -0.15) is 0 Å². The third-order valence-corrected chi connectivity index (χ3v) is 4.90. The molecule has 7 heteroatoms. The molecule has 0 bridgehead atoms. The van der Waals surface area contributed by atoms with E-state index in [9.17, 15) is 19.8 Å². The van der Waals surface area contributed by atoms with Gasteiger partial charge >= 0.3 is 6.09 Å². The number of para-hydroxylation sites is 1. The summed E-state index contributed by atoms with van der Waals surface area (Å²) in [5.41, 5.74) is 1.35. The number of aromatic nitrogens is 1. The molecule has 2 heterocycles. The number of nitrogens with zero attached hydrogens (tertiary/aromatic N) is 2. The van der Waals surface area contributed by atoms with E-state index in [-0.39, 0.29) is 12.4 Å². The van der Waals surface area contributed by atoms with Gasteiger partial charge in [-0.25, -0.2) is 4.79 Å². The molecule has 0 saturated carbocycles.